The Morgan fingerprint density at radius 1 is 1.50 bits per heavy atom. The first kappa shape index (κ1) is 14.4. The van der Waals surface area contributed by atoms with Gasteiger partial charge in [-0.2, -0.15) is 0 Å². The molecule has 0 aliphatic carbocycles. The van der Waals surface area contributed by atoms with Gasteiger partial charge in [0, 0.05) is 12.8 Å². The molecular weight excluding hydrogens is 237 g/mol. The van der Waals surface area contributed by atoms with Crippen LogP contribution in [0.5, 0.6) is 0 Å². The average molecular weight is 255 g/mol. The number of halogens is 1. The minimum Gasteiger partial charge on any atom is -0.479 e. The molecule has 0 aliphatic heterocycles. The van der Waals surface area contributed by atoms with Crippen LogP contribution in [-0.4, -0.2) is 30.3 Å². The standard InChI is InChI=1S/C13H18FNO3/c1-4-13(8-18-3,12(16)17)15-11-6-9(2)5-10(14)7-11/h5-7,15H,4,8H2,1-3H3,(H,16,17). The Morgan fingerprint density at radius 2 is 2.17 bits per heavy atom. The molecule has 0 saturated carbocycles. The quantitative estimate of drug-likeness (QED) is 0.819. The molecule has 0 saturated heterocycles. The second-order valence-corrected chi connectivity index (χ2v) is 4.32. The van der Waals surface area contributed by atoms with Gasteiger partial charge in [0.15, 0.2) is 5.54 Å². The van der Waals surface area contributed by atoms with Crippen molar-refractivity contribution in [3.05, 3.63) is 29.6 Å². The van der Waals surface area contributed by atoms with Crippen molar-refractivity contribution < 1.29 is 19.0 Å². The lowest BCUT2D eigenvalue weighted by Crippen LogP contribution is -2.49. The summed E-state index contributed by atoms with van der Waals surface area (Å²) < 4.78 is 18.2. The fourth-order valence-corrected chi connectivity index (χ4v) is 1.82. The molecule has 0 amide bonds. The highest BCUT2D eigenvalue weighted by molar-refractivity contribution is 5.83. The van der Waals surface area contributed by atoms with Gasteiger partial charge in [-0.05, 0) is 37.1 Å². The Kier molecular flexibility index (Phi) is 4.67. The number of aryl methyl sites for hydroxylation is 1. The molecule has 1 aromatic rings. The lowest BCUT2D eigenvalue weighted by molar-refractivity contribution is -0.144. The van der Waals surface area contributed by atoms with Gasteiger partial charge in [-0.3, -0.25) is 0 Å². The third-order valence-electron chi connectivity index (χ3n) is 2.83. The molecule has 1 atom stereocenters. The number of anilines is 1. The topological polar surface area (TPSA) is 58.6 Å². The van der Waals surface area contributed by atoms with Gasteiger partial charge >= 0.3 is 5.97 Å². The number of rotatable bonds is 6. The Morgan fingerprint density at radius 3 is 2.61 bits per heavy atom. The number of carboxylic acids is 1. The number of hydrogen-bond donors (Lipinski definition) is 2. The Labute approximate surface area is 106 Å². The monoisotopic (exact) mass is 255 g/mol. The van der Waals surface area contributed by atoms with E-state index in [-0.39, 0.29) is 6.61 Å². The number of hydrogen-bond acceptors (Lipinski definition) is 3. The molecule has 0 aromatic heterocycles. The first-order chi connectivity index (χ1) is 8.43. The van der Waals surface area contributed by atoms with Crippen molar-refractivity contribution >= 4 is 11.7 Å². The molecule has 0 aliphatic rings. The van der Waals surface area contributed by atoms with E-state index in [1.807, 2.05) is 0 Å². The first-order valence-electron chi connectivity index (χ1n) is 5.71. The van der Waals surface area contributed by atoms with Crippen LogP contribution in [0.4, 0.5) is 10.1 Å². The highest BCUT2D eigenvalue weighted by Crippen LogP contribution is 2.22. The number of nitrogens with one attached hydrogen (secondary N) is 1. The van der Waals surface area contributed by atoms with Gasteiger partial charge in [-0.15, -0.1) is 0 Å². The lowest BCUT2D eigenvalue weighted by atomic mass is 9.96. The number of carbonyl (C=O) groups is 1. The largest absolute Gasteiger partial charge is 0.479 e. The van der Waals surface area contributed by atoms with Crippen LogP contribution in [0.25, 0.3) is 0 Å². The van der Waals surface area contributed by atoms with Crippen molar-refractivity contribution in [1.29, 1.82) is 0 Å². The summed E-state index contributed by atoms with van der Waals surface area (Å²) in [5, 5.41) is 12.2. The molecule has 0 bridgehead atoms. The summed E-state index contributed by atoms with van der Waals surface area (Å²) in [6.45, 7) is 3.50. The molecule has 18 heavy (non-hydrogen) atoms. The van der Waals surface area contributed by atoms with Gasteiger partial charge in [-0.1, -0.05) is 6.92 Å². The molecule has 1 rings (SSSR count). The van der Waals surface area contributed by atoms with Gasteiger partial charge in [-0.25, -0.2) is 9.18 Å². The fraction of sp³-hybridized carbons (Fsp3) is 0.462. The maximum absolute atomic E-state index is 13.3. The molecule has 5 heteroatoms. The molecule has 1 unspecified atom stereocenters. The molecular formula is C13H18FNO3. The van der Waals surface area contributed by atoms with Gasteiger partial charge in [0.2, 0.25) is 0 Å². The van der Waals surface area contributed by atoms with E-state index in [9.17, 15) is 14.3 Å². The van der Waals surface area contributed by atoms with E-state index in [0.29, 0.717) is 12.1 Å². The minimum absolute atomic E-state index is 0.00833. The van der Waals surface area contributed by atoms with Gasteiger partial charge in [0.05, 0.1) is 6.61 Å². The van der Waals surface area contributed by atoms with E-state index in [1.165, 1.54) is 19.2 Å². The number of ether oxygens (including phenoxy) is 1. The molecule has 4 nitrogen and oxygen atoms in total. The highest BCUT2D eigenvalue weighted by Gasteiger charge is 2.36. The highest BCUT2D eigenvalue weighted by atomic mass is 19.1. The smallest absolute Gasteiger partial charge is 0.331 e. The Balaban J connectivity index is 3.05. The SMILES string of the molecule is CCC(COC)(Nc1cc(C)cc(F)c1)C(=O)O. The first-order valence-corrected chi connectivity index (χ1v) is 5.71. The molecule has 0 fully saturated rings. The Bertz CT molecular complexity index is 416. The van der Waals surface area contributed by atoms with Crippen molar-refractivity contribution in [2.75, 3.05) is 19.0 Å². The Hall–Kier alpha value is -1.62. The summed E-state index contributed by atoms with van der Waals surface area (Å²) in [7, 11) is 1.44. The van der Waals surface area contributed by atoms with E-state index >= 15 is 0 Å². The van der Waals surface area contributed by atoms with Crippen LogP contribution in [0.1, 0.15) is 18.9 Å². The predicted octanol–water partition coefficient (Wildman–Crippen LogP) is 2.43. The lowest BCUT2D eigenvalue weighted by Gasteiger charge is -2.29. The van der Waals surface area contributed by atoms with Crippen molar-refractivity contribution in [2.45, 2.75) is 25.8 Å². The van der Waals surface area contributed by atoms with Crippen LogP contribution >= 0.6 is 0 Å². The van der Waals surface area contributed by atoms with Crippen molar-refractivity contribution in [3.63, 3.8) is 0 Å². The normalized spacial score (nSPS) is 14.0. The van der Waals surface area contributed by atoms with E-state index in [1.54, 1.807) is 19.9 Å². The fourth-order valence-electron chi connectivity index (χ4n) is 1.82. The van der Waals surface area contributed by atoms with Crippen LogP contribution < -0.4 is 5.32 Å². The maximum atomic E-state index is 13.3. The average Bonchev–Trinajstić information content (AvgIpc) is 2.26. The summed E-state index contributed by atoms with van der Waals surface area (Å²) in [5.74, 6) is -1.42. The minimum atomic E-state index is -1.24. The third kappa shape index (κ3) is 3.20. The third-order valence-corrected chi connectivity index (χ3v) is 2.83. The van der Waals surface area contributed by atoms with E-state index in [2.05, 4.69) is 5.32 Å². The second-order valence-electron chi connectivity index (χ2n) is 4.32. The van der Waals surface area contributed by atoms with Crippen LogP contribution in [0.3, 0.4) is 0 Å². The zero-order valence-corrected chi connectivity index (χ0v) is 10.8. The van der Waals surface area contributed by atoms with Crippen molar-refractivity contribution in [1.82, 2.24) is 0 Å². The zero-order chi connectivity index (χ0) is 13.8. The van der Waals surface area contributed by atoms with E-state index in [4.69, 9.17) is 4.74 Å². The molecule has 2 N–H and O–H groups in total. The molecule has 0 spiro atoms. The van der Waals surface area contributed by atoms with Crippen molar-refractivity contribution in [2.24, 2.45) is 0 Å². The maximum Gasteiger partial charge on any atom is 0.331 e. The van der Waals surface area contributed by atoms with Crippen LogP contribution in [0.15, 0.2) is 18.2 Å². The van der Waals surface area contributed by atoms with Gasteiger partial charge < -0.3 is 15.2 Å². The summed E-state index contributed by atoms with van der Waals surface area (Å²) in [6.07, 6.45) is 0.325. The number of aliphatic carboxylic acids is 1. The van der Waals surface area contributed by atoms with Crippen LogP contribution in [0.2, 0.25) is 0 Å². The van der Waals surface area contributed by atoms with E-state index in [0.717, 1.165) is 5.56 Å². The summed E-state index contributed by atoms with van der Waals surface area (Å²) in [5.41, 5.74) is -0.0752. The molecule has 100 valence electrons. The number of carboxylic acid groups (broad SMARTS) is 1. The molecule has 0 heterocycles. The molecule has 0 radical (unpaired) electrons. The van der Waals surface area contributed by atoms with Crippen LogP contribution in [0, 0.1) is 12.7 Å². The summed E-state index contributed by atoms with van der Waals surface area (Å²) in [6, 6.07) is 4.36. The number of benzene rings is 1. The second kappa shape index (κ2) is 5.82. The van der Waals surface area contributed by atoms with Gasteiger partial charge in [0.25, 0.3) is 0 Å². The molecule has 1 aromatic carbocycles. The van der Waals surface area contributed by atoms with E-state index < -0.39 is 17.3 Å². The number of methoxy groups -OCH3 is 1. The van der Waals surface area contributed by atoms with Crippen molar-refractivity contribution in [3.8, 4) is 0 Å². The van der Waals surface area contributed by atoms with Crippen LogP contribution in [-0.2, 0) is 9.53 Å². The summed E-state index contributed by atoms with van der Waals surface area (Å²) in [4.78, 5) is 11.4. The zero-order valence-electron chi connectivity index (χ0n) is 10.8. The van der Waals surface area contributed by atoms with Gasteiger partial charge in [0.1, 0.15) is 5.82 Å². The summed E-state index contributed by atoms with van der Waals surface area (Å²) >= 11 is 0. The predicted molar refractivity (Wildman–Crippen MR) is 67.3 cm³/mol.